The van der Waals surface area contributed by atoms with Crippen molar-refractivity contribution in [3.63, 3.8) is 0 Å². The van der Waals surface area contributed by atoms with Gasteiger partial charge in [-0.05, 0) is 141 Å². The number of nitrogens with zero attached hydrogens (tertiary/aromatic N) is 1. The zero-order valence-corrected chi connectivity index (χ0v) is 36.7. The summed E-state index contributed by atoms with van der Waals surface area (Å²) in [5, 5.41) is 2.58. The molecule has 4 aliphatic rings. The first-order valence-electron chi connectivity index (χ1n) is 22.4. The minimum atomic E-state index is -0.0639. The van der Waals surface area contributed by atoms with Gasteiger partial charge in [0.25, 0.3) is 0 Å². The highest BCUT2D eigenvalue weighted by atomic mass is 15.1. The Morgan fingerprint density at radius 3 is 2.08 bits per heavy atom. The SMILES string of the molecule is CC(C)(C)c1ccc2c(c1)-c1cc(C(C)(C)C)cc3c1C(C2)c1cc(-c2ccccc2)cc2c1B3N(c1ccc3c(c1)-c1ccccc1C3(C)C)c1ccc3ccccc3c1-2. The van der Waals surface area contributed by atoms with E-state index in [0.29, 0.717) is 0 Å². The lowest BCUT2D eigenvalue weighted by Gasteiger charge is -2.47. The van der Waals surface area contributed by atoms with Crippen LogP contribution in [-0.4, -0.2) is 6.85 Å². The largest absolute Gasteiger partial charge is 0.376 e. The summed E-state index contributed by atoms with van der Waals surface area (Å²) in [5.41, 5.74) is 26.3. The molecular weight excluding hydrogens is 733 g/mol. The Morgan fingerprint density at radius 2 is 1.28 bits per heavy atom. The summed E-state index contributed by atoms with van der Waals surface area (Å²) in [4.78, 5) is 2.75. The Hall–Kier alpha value is -6.12. The normalized spacial score (nSPS) is 16.4. The lowest BCUT2D eigenvalue weighted by atomic mass is 9.38. The quantitative estimate of drug-likeness (QED) is 0.158. The summed E-state index contributed by atoms with van der Waals surface area (Å²) in [5.74, 6) is 0.228. The maximum absolute atomic E-state index is 2.75. The topological polar surface area (TPSA) is 3.24 Å². The Balaban J connectivity index is 1.22. The average Bonchev–Trinajstić information content (AvgIpc) is 3.49. The third-order valence-electron chi connectivity index (χ3n) is 14.9. The van der Waals surface area contributed by atoms with Crippen molar-refractivity contribution >= 4 is 39.9 Å². The number of fused-ring (bicyclic) bond motifs is 11. The molecule has 0 spiro atoms. The number of hydrogen-bond acceptors (Lipinski definition) is 1. The molecular formula is C59H52BN. The molecule has 2 heteroatoms. The van der Waals surface area contributed by atoms with Crippen molar-refractivity contribution in [3.8, 4) is 44.5 Å². The third kappa shape index (κ3) is 5.21. The Labute approximate surface area is 362 Å². The summed E-state index contributed by atoms with van der Waals surface area (Å²) < 4.78 is 0. The standard InChI is InChI=1S/C59H52BN/c1-57(2,3)39-24-22-37-28-46-48-29-38(35-16-10-9-11-17-35)30-49-55-42-19-13-12-18-36(42)23-27-53(55)61(41-25-26-51-45(34-41)43-20-14-15-21-50(43)59(51,7)8)60(56(48)49)52-33-40(58(4,5)6)32-47(54(46)52)44(37)31-39/h9-27,29-34,46H,28H2,1-8H3. The monoisotopic (exact) mass is 785 g/mol. The van der Waals surface area contributed by atoms with Gasteiger partial charge >= 0.3 is 6.85 Å². The highest BCUT2D eigenvalue weighted by molar-refractivity contribution is 6.92. The van der Waals surface area contributed by atoms with Crippen molar-refractivity contribution in [2.45, 2.75) is 84.0 Å². The Bertz CT molecular complexity index is 3170. The number of rotatable bonds is 2. The molecule has 8 aromatic carbocycles. The molecule has 0 saturated carbocycles. The summed E-state index contributed by atoms with van der Waals surface area (Å²) in [6.07, 6.45) is 0.985. The fraction of sp³-hybridized carbons (Fsp3) is 0.220. The molecule has 61 heavy (non-hydrogen) atoms. The fourth-order valence-electron chi connectivity index (χ4n) is 11.7. The first-order valence-corrected chi connectivity index (χ1v) is 22.4. The molecule has 8 aromatic rings. The van der Waals surface area contributed by atoms with E-state index >= 15 is 0 Å². The van der Waals surface area contributed by atoms with Gasteiger partial charge in [0.05, 0.1) is 0 Å². The van der Waals surface area contributed by atoms with Crippen LogP contribution in [0.15, 0.2) is 152 Å². The molecule has 1 atom stereocenters. The van der Waals surface area contributed by atoms with E-state index in [4.69, 9.17) is 0 Å². The van der Waals surface area contributed by atoms with E-state index in [2.05, 4.69) is 212 Å². The third-order valence-corrected chi connectivity index (χ3v) is 14.9. The molecule has 0 radical (unpaired) electrons. The number of anilines is 2. The maximum Gasteiger partial charge on any atom is 0.329 e. The van der Waals surface area contributed by atoms with Gasteiger partial charge in [0, 0.05) is 28.3 Å². The van der Waals surface area contributed by atoms with E-state index < -0.39 is 0 Å². The van der Waals surface area contributed by atoms with E-state index in [0.717, 1.165) is 6.42 Å². The van der Waals surface area contributed by atoms with Crippen LogP contribution in [0.4, 0.5) is 11.4 Å². The molecule has 2 aliphatic carbocycles. The molecule has 2 heterocycles. The van der Waals surface area contributed by atoms with Gasteiger partial charge < -0.3 is 4.81 Å². The van der Waals surface area contributed by atoms with Crippen molar-refractivity contribution in [3.05, 3.63) is 191 Å². The minimum absolute atomic E-state index is 0.0224. The molecule has 0 aromatic heterocycles. The van der Waals surface area contributed by atoms with Crippen molar-refractivity contribution in [1.29, 1.82) is 0 Å². The van der Waals surface area contributed by atoms with Crippen LogP contribution in [0, 0.1) is 0 Å². The van der Waals surface area contributed by atoms with Crippen LogP contribution in [0.25, 0.3) is 55.3 Å². The van der Waals surface area contributed by atoms with Crippen molar-refractivity contribution in [2.75, 3.05) is 4.81 Å². The van der Waals surface area contributed by atoms with Crippen molar-refractivity contribution in [1.82, 2.24) is 0 Å². The van der Waals surface area contributed by atoms with Gasteiger partial charge in [-0.3, -0.25) is 0 Å². The highest BCUT2D eigenvalue weighted by Gasteiger charge is 2.48. The molecule has 2 aliphatic heterocycles. The lowest BCUT2D eigenvalue weighted by molar-refractivity contribution is 0.588. The lowest BCUT2D eigenvalue weighted by Crippen LogP contribution is -2.62. The van der Waals surface area contributed by atoms with E-state index in [1.54, 1.807) is 0 Å². The first-order chi connectivity index (χ1) is 29.3. The second-order valence-electron chi connectivity index (χ2n) is 20.9. The van der Waals surface area contributed by atoms with Crippen LogP contribution in [0.5, 0.6) is 0 Å². The maximum atomic E-state index is 2.75. The van der Waals surface area contributed by atoms with Gasteiger partial charge in [0.1, 0.15) is 0 Å². The van der Waals surface area contributed by atoms with Crippen LogP contribution in [0.2, 0.25) is 0 Å². The second-order valence-corrected chi connectivity index (χ2v) is 20.9. The van der Waals surface area contributed by atoms with Crippen molar-refractivity contribution < 1.29 is 0 Å². The predicted octanol–water partition coefficient (Wildman–Crippen LogP) is 14.0. The van der Waals surface area contributed by atoms with E-state index in [1.807, 2.05) is 0 Å². The van der Waals surface area contributed by atoms with Crippen LogP contribution in [0.1, 0.15) is 100 Å². The van der Waals surface area contributed by atoms with E-state index in [1.165, 1.54) is 117 Å². The van der Waals surface area contributed by atoms with Gasteiger partial charge in [-0.15, -0.1) is 0 Å². The smallest absolute Gasteiger partial charge is 0.329 e. The zero-order valence-electron chi connectivity index (χ0n) is 36.7. The van der Waals surface area contributed by atoms with E-state index in [9.17, 15) is 0 Å². The van der Waals surface area contributed by atoms with Crippen LogP contribution in [-0.2, 0) is 22.7 Å². The minimum Gasteiger partial charge on any atom is -0.376 e. The molecule has 0 fully saturated rings. The first kappa shape index (κ1) is 36.7. The molecule has 0 saturated heterocycles. The van der Waals surface area contributed by atoms with Gasteiger partial charge in [-0.2, -0.15) is 0 Å². The zero-order chi connectivity index (χ0) is 41.7. The molecule has 0 amide bonds. The molecule has 1 unspecified atom stereocenters. The second kappa shape index (κ2) is 12.5. The van der Waals surface area contributed by atoms with Crippen molar-refractivity contribution in [2.24, 2.45) is 0 Å². The van der Waals surface area contributed by atoms with Gasteiger partial charge in [-0.1, -0.05) is 183 Å². The number of benzene rings is 8. The van der Waals surface area contributed by atoms with E-state index in [-0.39, 0.29) is 29.0 Å². The summed E-state index contributed by atoms with van der Waals surface area (Å²) >= 11 is 0. The fourth-order valence-corrected chi connectivity index (χ4v) is 11.7. The molecule has 12 rings (SSSR count). The van der Waals surface area contributed by atoms with Gasteiger partial charge in [0.2, 0.25) is 0 Å². The summed E-state index contributed by atoms with van der Waals surface area (Å²) in [7, 11) is 0. The van der Waals surface area contributed by atoms with Gasteiger partial charge in [-0.25, -0.2) is 0 Å². The van der Waals surface area contributed by atoms with Crippen LogP contribution >= 0.6 is 0 Å². The highest BCUT2D eigenvalue weighted by Crippen LogP contribution is 2.54. The van der Waals surface area contributed by atoms with Crippen LogP contribution < -0.4 is 15.7 Å². The molecule has 1 nitrogen and oxygen atoms in total. The summed E-state index contributed by atoms with van der Waals surface area (Å²) in [6, 6.07) is 59.1. The average molecular weight is 786 g/mol. The van der Waals surface area contributed by atoms with Gasteiger partial charge in [0.15, 0.2) is 0 Å². The number of hydrogen-bond donors (Lipinski definition) is 0. The predicted molar refractivity (Wildman–Crippen MR) is 261 cm³/mol. The Morgan fingerprint density at radius 1 is 0.557 bits per heavy atom. The molecule has 296 valence electrons. The molecule has 0 N–H and O–H groups in total. The molecule has 0 bridgehead atoms. The summed E-state index contributed by atoms with van der Waals surface area (Å²) in [6.45, 7) is 19.0. The van der Waals surface area contributed by atoms with Crippen LogP contribution in [0.3, 0.4) is 0 Å². The Kier molecular flexibility index (Phi) is 7.51.